The summed E-state index contributed by atoms with van der Waals surface area (Å²) in [6.07, 6.45) is 0. The number of ether oxygens (including phenoxy) is 1. The Morgan fingerprint density at radius 1 is 1.30 bits per heavy atom. The largest absolute Gasteiger partial charge is 0.377 e. The molecule has 6 nitrogen and oxygen atoms in total. The molecule has 0 radical (unpaired) electrons. The summed E-state index contributed by atoms with van der Waals surface area (Å²) < 4.78 is 7.20. The average molecular weight is 314 g/mol. The lowest BCUT2D eigenvalue weighted by molar-refractivity contribution is -0.0373. The predicted molar refractivity (Wildman–Crippen MR) is 86.8 cm³/mol. The first-order valence-electron chi connectivity index (χ1n) is 7.79. The van der Waals surface area contributed by atoms with Crippen LogP contribution in [-0.4, -0.2) is 51.1 Å². The molecule has 2 heterocycles. The zero-order chi connectivity index (χ0) is 16.6. The number of carbonyl (C=O) groups is 1. The molecule has 1 aliphatic heterocycles. The van der Waals surface area contributed by atoms with Gasteiger partial charge in [0, 0.05) is 6.54 Å². The van der Waals surface area contributed by atoms with E-state index in [1.54, 1.807) is 4.68 Å². The fraction of sp³-hybridized carbons (Fsp3) is 0.471. The molecule has 0 N–H and O–H groups in total. The van der Waals surface area contributed by atoms with Crippen LogP contribution in [0.1, 0.15) is 35.6 Å². The minimum Gasteiger partial charge on any atom is -0.377 e. The van der Waals surface area contributed by atoms with Crippen molar-refractivity contribution in [1.29, 1.82) is 0 Å². The van der Waals surface area contributed by atoms with Gasteiger partial charge in [-0.2, -0.15) is 0 Å². The maximum Gasteiger partial charge on any atom is 0.276 e. The standard InChI is InChI=1S/C17H22N4O2/c1-12-6-5-7-14(10-12)21-13(2)15(18-19-21)16(22)20-8-9-23-11-17(20,3)4/h5-7,10H,8-9,11H2,1-4H3. The van der Waals surface area contributed by atoms with Gasteiger partial charge >= 0.3 is 0 Å². The van der Waals surface area contributed by atoms with E-state index in [-0.39, 0.29) is 11.4 Å². The second kappa shape index (κ2) is 5.77. The summed E-state index contributed by atoms with van der Waals surface area (Å²) >= 11 is 0. The van der Waals surface area contributed by atoms with Crippen molar-refractivity contribution in [2.75, 3.05) is 19.8 Å². The van der Waals surface area contributed by atoms with E-state index in [2.05, 4.69) is 10.3 Å². The van der Waals surface area contributed by atoms with Crippen molar-refractivity contribution in [2.24, 2.45) is 0 Å². The molecular weight excluding hydrogens is 292 g/mol. The van der Waals surface area contributed by atoms with Crippen LogP contribution in [0.5, 0.6) is 0 Å². The molecule has 6 heteroatoms. The fourth-order valence-electron chi connectivity index (χ4n) is 2.89. The quantitative estimate of drug-likeness (QED) is 0.852. The van der Waals surface area contributed by atoms with E-state index in [1.165, 1.54) is 0 Å². The maximum absolute atomic E-state index is 12.9. The zero-order valence-corrected chi connectivity index (χ0v) is 14.0. The van der Waals surface area contributed by atoms with Gasteiger partial charge in [0.1, 0.15) is 0 Å². The highest BCUT2D eigenvalue weighted by Gasteiger charge is 2.36. The normalized spacial score (nSPS) is 17.3. The number of hydrogen-bond donors (Lipinski definition) is 0. The minimum absolute atomic E-state index is 0.0882. The maximum atomic E-state index is 12.9. The second-order valence-corrected chi connectivity index (χ2v) is 6.60. The number of nitrogens with zero attached hydrogens (tertiary/aromatic N) is 4. The van der Waals surface area contributed by atoms with Crippen molar-refractivity contribution in [3.05, 3.63) is 41.2 Å². The highest BCUT2D eigenvalue weighted by Crippen LogP contribution is 2.23. The van der Waals surface area contributed by atoms with E-state index in [9.17, 15) is 4.79 Å². The highest BCUT2D eigenvalue weighted by molar-refractivity contribution is 5.94. The Bertz CT molecular complexity index is 736. The first kappa shape index (κ1) is 15.7. The summed E-state index contributed by atoms with van der Waals surface area (Å²) in [6, 6.07) is 7.98. The molecule has 1 aliphatic rings. The van der Waals surface area contributed by atoms with E-state index in [0.717, 1.165) is 16.9 Å². The van der Waals surface area contributed by atoms with Gasteiger partial charge in [0.2, 0.25) is 0 Å². The first-order valence-corrected chi connectivity index (χ1v) is 7.79. The third-order valence-corrected chi connectivity index (χ3v) is 4.23. The SMILES string of the molecule is Cc1cccc(-n2nnc(C(=O)N3CCOCC3(C)C)c2C)c1. The predicted octanol–water partition coefficient (Wildman–Crippen LogP) is 2.14. The summed E-state index contributed by atoms with van der Waals surface area (Å²) in [6.45, 7) is 9.57. The van der Waals surface area contributed by atoms with E-state index in [4.69, 9.17) is 4.74 Å². The van der Waals surface area contributed by atoms with Crippen molar-refractivity contribution in [1.82, 2.24) is 19.9 Å². The Kier molecular flexibility index (Phi) is 3.93. The highest BCUT2D eigenvalue weighted by atomic mass is 16.5. The van der Waals surface area contributed by atoms with Crippen molar-refractivity contribution < 1.29 is 9.53 Å². The molecular formula is C17H22N4O2. The molecule has 23 heavy (non-hydrogen) atoms. The third kappa shape index (κ3) is 2.86. The number of hydrogen-bond acceptors (Lipinski definition) is 4. The molecule has 0 saturated carbocycles. The number of carbonyl (C=O) groups excluding carboxylic acids is 1. The molecule has 122 valence electrons. The van der Waals surface area contributed by atoms with E-state index >= 15 is 0 Å². The molecule has 2 aromatic rings. The Hall–Kier alpha value is -2.21. The molecule has 0 spiro atoms. The van der Waals surface area contributed by atoms with Gasteiger partial charge in [-0.25, -0.2) is 4.68 Å². The van der Waals surface area contributed by atoms with Crippen LogP contribution in [0.3, 0.4) is 0 Å². The summed E-state index contributed by atoms with van der Waals surface area (Å²) in [5, 5.41) is 8.32. The monoisotopic (exact) mass is 314 g/mol. The van der Waals surface area contributed by atoms with Crippen LogP contribution in [0.25, 0.3) is 5.69 Å². The van der Waals surface area contributed by atoms with Crippen molar-refractivity contribution >= 4 is 5.91 Å². The van der Waals surface area contributed by atoms with Crippen LogP contribution in [0.4, 0.5) is 0 Å². The molecule has 0 unspecified atom stereocenters. The number of morpholine rings is 1. The molecule has 1 fully saturated rings. The number of amides is 1. The van der Waals surface area contributed by atoms with Crippen molar-refractivity contribution in [3.8, 4) is 5.69 Å². The van der Waals surface area contributed by atoms with E-state index < -0.39 is 0 Å². The number of aromatic nitrogens is 3. The fourth-order valence-corrected chi connectivity index (χ4v) is 2.89. The molecule has 0 aliphatic carbocycles. The molecule has 1 amide bonds. The number of aryl methyl sites for hydroxylation is 1. The van der Waals surface area contributed by atoms with Gasteiger partial charge in [-0.1, -0.05) is 17.3 Å². The van der Waals surface area contributed by atoms with Crippen LogP contribution in [0.15, 0.2) is 24.3 Å². The average Bonchev–Trinajstić information content (AvgIpc) is 2.88. The van der Waals surface area contributed by atoms with Crippen LogP contribution < -0.4 is 0 Å². The molecule has 3 rings (SSSR count). The smallest absolute Gasteiger partial charge is 0.276 e. The van der Waals surface area contributed by atoms with Gasteiger partial charge in [-0.3, -0.25) is 4.79 Å². The summed E-state index contributed by atoms with van der Waals surface area (Å²) in [7, 11) is 0. The minimum atomic E-state index is -0.338. The molecule has 0 atom stereocenters. The molecule has 1 aromatic carbocycles. The Morgan fingerprint density at radius 3 is 2.78 bits per heavy atom. The van der Waals surface area contributed by atoms with Crippen LogP contribution >= 0.6 is 0 Å². The zero-order valence-electron chi connectivity index (χ0n) is 14.0. The van der Waals surface area contributed by atoms with Crippen molar-refractivity contribution in [2.45, 2.75) is 33.2 Å². The van der Waals surface area contributed by atoms with Crippen LogP contribution in [0.2, 0.25) is 0 Å². The van der Waals surface area contributed by atoms with Gasteiger partial charge < -0.3 is 9.64 Å². The van der Waals surface area contributed by atoms with Crippen molar-refractivity contribution in [3.63, 3.8) is 0 Å². The molecule has 1 aromatic heterocycles. The van der Waals surface area contributed by atoms with Gasteiger partial charge in [-0.05, 0) is 45.4 Å². The van der Waals surface area contributed by atoms with E-state index in [0.29, 0.717) is 25.5 Å². The molecule has 0 bridgehead atoms. The van der Waals surface area contributed by atoms with Gasteiger partial charge in [0.15, 0.2) is 5.69 Å². The van der Waals surface area contributed by atoms with Gasteiger partial charge in [0.05, 0.1) is 30.1 Å². The lowest BCUT2D eigenvalue weighted by Crippen LogP contribution is -2.55. The second-order valence-electron chi connectivity index (χ2n) is 6.60. The van der Waals surface area contributed by atoms with Gasteiger partial charge in [0.25, 0.3) is 5.91 Å². The van der Waals surface area contributed by atoms with Crippen LogP contribution in [0, 0.1) is 13.8 Å². The third-order valence-electron chi connectivity index (χ3n) is 4.23. The summed E-state index contributed by atoms with van der Waals surface area (Å²) in [5.41, 5.74) is 2.87. The van der Waals surface area contributed by atoms with Gasteiger partial charge in [-0.15, -0.1) is 5.10 Å². The number of rotatable bonds is 2. The summed E-state index contributed by atoms with van der Waals surface area (Å²) in [4.78, 5) is 14.7. The van der Waals surface area contributed by atoms with E-state index in [1.807, 2.05) is 56.9 Å². The Labute approximate surface area is 136 Å². The number of benzene rings is 1. The topological polar surface area (TPSA) is 60.2 Å². The summed E-state index contributed by atoms with van der Waals surface area (Å²) in [5.74, 6) is -0.0882. The molecule has 1 saturated heterocycles. The Morgan fingerprint density at radius 2 is 2.09 bits per heavy atom. The Balaban J connectivity index is 1.94. The van der Waals surface area contributed by atoms with Crippen LogP contribution in [-0.2, 0) is 4.74 Å². The first-order chi connectivity index (χ1) is 10.9. The lowest BCUT2D eigenvalue weighted by Gasteiger charge is -2.41. The lowest BCUT2D eigenvalue weighted by atomic mass is 10.0.